The van der Waals surface area contributed by atoms with Crippen molar-refractivity contribution in [2.45, 2.75) is 6.42 Å². The van der Waals surface area contributed by atoms with Gasteiger partial charge in [0, 0.05) is 6.54 Å². The van der Waals surface area contributed by atoms with Crippen LogP contribution in [0.15, 0.2) is 48.5 Å². The fourth-order valence-corrected chi connectivity index (χ4v) is 3.01. The number of benzene rings is 2. The molecule has 1 aromatic heterocycles. The van der Waals surface area contributed by atoms with Crippen molar-refractivity contribution in [1.82, 2.24) is 9.88 Å². The number of fused-ring (bicyclic) bond motifs is 1. The smallest absolute Gasteiger partial charge is 0.279 e. The first-order valence-corrected chi connectivity index (χ1v) is 8.43. The van der Waals surface area contributed by atoms with Crippen LogP contribution in [-0.2, 0) is 0 Å². The minimum atomic E-state index is 0.658. The molecule has 0 atom stereocenters. The van der Waals surface area contributed by atoms with Crippen LogP contribution in [0.4, 0.5) is 0 Å². The second kappa shape index (κ2) is 7.44. The fourth-order valence-electron chi connectivity index (χ4n) is 2.17. The molecule has 0 N–H and O–H groups in total. The van der Waals surface area contributed by atoms with E-state index in [1.54, 1.807) is 11.3 Å². The van der Waals surface area contributed by atoms with E-state index in [9.17, 15) is 0 Å². The van der Waals surface area contributed by atoms with Gasteiger partial charge in [0.05, 0.1) is 16.8 Å². The number of hydrogen-bond donors (Lipinski definition) is 0. The average molecular weight is 328 g/mol. The molecule has 0 aliphatic carbocycles. The van der Waals surface area contributed by atoms with E-state index < -0.39 is 0 Å². The summed E-state index contributed by atoms with van der Waals surface area (Å²) in [6.07, 6.45) is 1.01. The molecule has 5 heteroatoms. The number of ether oxygens (including phenoxy) is 2. The molecule has 2 aromatic carbocycles. The van der Waals surface area contributed by atoms with Gasteiger partial charge in [-0.25, -0.2) is 4.98 Å². The van der Waals surface area contributed by atoms with Crippen LogP contribution in [0.1, 0.15) is 6.42 Å². The number of thiazole rings is 1. The Hall–Kier alpha value is -2.11. The lowest BCUT2D eigenvalue weighted by Crippen LogP contribution is -2.15. The average Bonchev–Trinajstić information content (AvgIpc) is 2.95. The van der Waals surface area contributed by atoms with Crippen LogP contribution in [0.25, 0.3) is 10.2 Å². The van der Waals surface area contributed by atoms with E-state index in [0.717, 1.165) is 41.3 Å². The van der Waals surface area contributed by atoms with Crippen LogP contribution < -0.4 is 9.47 Å². The highest BCUT2D eigenvalue weighted by Crippen LogP contribution is 2.31. The molecule has 0 radical (unpaired) electrons. The summed E-state index contributed by atoms with van der Waals surface area (Å²) in [5.74, 6) is 1.63. The zero-order chi connectivity index (χ0) is 16.1. The molecule has 0 fully saturated rings. The largest absolute Gasteiger partial charge is 0.494 e. The summed E-state index contributed by atoms with van der Waals surface area (Å²) in [7, 11) is 4.13. The van der Waals surface area contributed by atoms with Gasteiger partial charge >= 0.3 is 0 Å². The number of aromatic nitrogens is 1. The Balaban J connectivity index is 1.56. The van der Waals surface area contributed by atoms with Crippen molar-refractivity contribution >= 4 is 21.6 Å². The summed E-state index contributed by atoms with van der Waals surface area (Å²) in [4.78, 5) is 6.62. The van der Waals surface area contributed by atoms with Gasteiger partial charge in [0.1, 0.15) is 11.5 Å². The van der Waals surface area contributed by atoms with Crippen LogP contribution in [0, 0.1) is 0 Å². The first-order chi connectivity index (χ1) is 11.2. The SMILES string of the molecule is CN(C)CCCOc1ccc(Oc2nc3ccccc3s2)cc1. The monoisotopic (exact) mass is 328 g/mol. The summed E-state index contributed by atoms with van der Waals surface area (Å²) in [5.41, 5.74) is 0.966. The fraction of sp³-hybridized carbons (Fsp3) is 0.278. The summed E-state index contributed by atoms with van der Waals surface area (Å²) in [6, 6.07) is 15.7. The van der Waals surface area contributed by atoms with Gasteiger partial charge in [-0.05, 0) is 56.9 Å². The Morgan fingerprint density at radius 2 is 1.74 bits per heavy atom. The Kier molecular flexibility index (Phi) is 5.10. The molecule has 0 aliphatic heterocycles. The van der Waals surface area contributed by atoms with Crippen LogP contribution >= 0.6 is 11.3 Å². The first kappa shape index (κ1) is 15.8. The van der Waals surface area contributed by atoms with Crippen molar-refractivity contribution in [3.8, 4) is 16.7 Å². The Morgan fingerprint density at radius 1 is 1.00 bits per heavy atom. The summed E-state index contributed by atoms with van der Waals surface area (Å²) < 4.78 is 12.7. The molecule has 120 valence electrons. The van der Waals surface area contributed by atoms with Crippen LogP contribution in [0.2, 0.25) is 0 Å². The summed E-state index contributed by atoms with van der Waals surface area (Å²) in [5, 5.41) is 0.658. The van der Waals surface area contributed by atoms with E-state index in [0.29, 0.717) is 5.19 Å². The third kappa shape index (κ3) is 4.43. The van der Waals surface area contributed by atoms with Gasteiger partial charge in [0.25, 0.3) is 5.19 Å². The number of rotatable bonds is 7. The number of hydrogen-bond acceptors (Lipinski definition) is 5. The minimum absolute atomic E-state index is 0.658. The van der Waals surface area contributed by atoms with Crippen LogP contribution in [0.5, 0.6) is 16.7 Å². The zero-order valence-electron chi connectivity index (χ0n) is 13.4. The normalized spacial score (nSPS) is 11.1. The molecule has 4 nitrogen and oxygen atoms in total. The van der Waals surface area contributed by atoms with E-state index in [1.165, 1.54) is 0 Å². The van der Waals surface area contributed by atoms with Crippen molar-refractivity contribution in [3.63, 3.8) is 0 Å². The second-order valence-corrected chi connectivity index (χ2v) is 6.52. The van der Waals surface area contributed by atoms with Crippen molar-refractivity contribution in [2.75, 3.05) is 27.2 Å². The molecule has 0 aliphatic rings. The molecule has 0 amide bonds. The lowest BCUT2D eigenvalue weighted by atomic mass is 10.3. The highest BCUT2D eigenvalue weighted by molar-refractivity contribution is 7.20. The van der Waals surface area contributed by atoms with E-state index in [4.69, 9.17) is 9.47 Å². The van der Waals surface area contributed by atoms with Crippen molar-refractivity contribution in [2.24, 2.45) is 0 Å². The molecular weight excluding hydrogens is 308 g/mol. The van der Waals surface area contributed by atoms with E-state index >= 15 is 0 Å². The molecule has 0 bridgehead atoms. The molecule has 0 saturated heterocycles. The third-order valence-electron chi connectivity index (χ3n) is 3.32. The Bertz CT molecular complexity index is 720. The van der Waals surface area contributed by atoms with Gasteiger partial charge in [-0.15, -0.1) is 0 Å². The molecule has 1 heterocycles. The van der Waals surface area contributed by atoms with Gasteiger partial charge in [-0.1, -0.05) is 23.5 Å². The van der Waals surface area contributed by atoms with Crippen molar-refractivity contribution < 1.29 is 9.47 Å². The van der Waals surface area contributed by atoms with Gasteiger partial charge in [0.15, 0.2) is 0 Å². The van der Waals surface area contributed by atoms with Gasteiger partial charge < -0.3 is 14.4 Å². The summed E-state index contributed by atoms with van der Waals surface area (Å²) in [6.45, 7) is 1.75. The quantitative estimate of drug-likeness (QED) is 0.601. The standard InChI is InChI=1S/C18H20N2O2S/c1-20(2)12-5-13-21-14-8-10-15(11-9-14)22-18-19-16-6-3-4-7-17(16)23-18/h3-4,6-11H,5,12-13H2,1-2H3. The third-order valence-corrected chi connectivity index (χ3v) is 4.24. The van der Waals surface area contributed by atoms with Gasteiger partial charge in [-0.3, -0.25) is 0 Å². The Labute approximate surface area is 140 Å². The van der Waals surface area contributed by atoms with E-state index in [1.807, 2.05) is 48.5 Å². The van der Waals surface area contributed by atoms with Crippen LogP contribution in [0.3, 0.4) is 0 Å². The second-order valence-electron chi connectivity index (χ2n) is 5.53. The van der Waals surface area contributed by atoms with Crippen LogP contribution in [-0.4, -0.2) is 37.1 Å². The minimum Gasteiger partial charge on any atom is -0.494 e. The molecule has 0 spiro atoms. The van der Waals surface area contributed by atoms with Gasteiger partial charge in [-0.2, -0.15) is 0 Å². The predicted molar refractivity (Wildman–Crippen MR) is 94.8 cm³/mol. The molecule has 23 heavy (non-hydrogen) atoms. The lowest BCUT2D eigenvalue weighted by molar-refractivity contribution is 0.281. The highest BCUT2D eigenvalue weighted by Gasteiger charge is 2.05. The predicted octanol–water partition coefficient (Wildman–Crippen LogP) is 4.42. The molecule has 3 aromatic rings. The number of para-hydroxylation sites is 1. The maximum Gasteiger partial charge on any atom is 0.279 e. The highest BCUT2D eigenvalue weighted by atomic mass is 32.1. The molecule has 3 rings (SSSR count). The topological polar surface area (TPSA) is 34.6 Å². The lowest BCUT2D eigenvalue weighted by Gasteiger charge is -2.10. The summed E-state index contributed by atoms with van der Waals surface area (Å²) >= 11 is 1.55. The van der Waals surface area contributed by atoms with Gasteiger partial charge in [0.2, 0.25) is 0 Å². The molecule has 0 saturated carbocycles. The molecule has 0 unspecified atom stereocenters. The van der Waals surface area contributed by atoms with E-state index in [2.05, 4.69) is 24.0 Å². The first-order valence-electron chi connectivity index (χ1n) is 7.62. The maximum atomic E-state index is 5.82. The maximum absolute atomic E-state index is 5.82. The van der Waals surface area contributed by atoms with E-state index in [-0.39, 0.29) is 0 Å². The number of nitrogens with zero attached hydrogens (tertiary/aromatic N) is 2. The van der Waals surface area contributed by atoms with Crippen molar-refractivity contribution in [1.29, 1.82) is 0 Å². The zero-order valence-corrected chi connectivity index (χ0v) is 14.2. The van der Waals surface area contributed by atoms with Crippen molar-refractivity contribution in [3.05, 3.63) is 48.5 Å². The molecular formula is C18H20N2O2S. The Morgan fingerprint density at radius 3 is 2.48 bits per heavy atom.